The van der Waals surface area contributed by atoms with Gasteiger partial charge in [-0.25, -0.2) is 0 Å². The lowest BCUT2D eigenvalue weighted by molar-refractivity contribution is 0.366. The SMILES string of the molecule is COc1ccccc1Oc1ccc(Cc2ccccc2)cc1O. The van der Waals surface area contributed by atoms with Crippen LogP contribution in [0.15, 0.2) is 72.8 Å². The van der Waals surface area contributed by atoms with Gasteiger partial charge in [-0.05, 0) is 41.8 Å². The molecule has 3 rings (SSSR count). The fourth-order valence-corrected chi connectivity index (χ4v) is 2.41. The van der Waals surface area contributed by atoms with Crippen LogP contribution in [0.4, 0.5) is 0 Å². The Kier molecular flexibility index (Phi) is 4.48. The van der Waals surface area contributed by atoms with Gasteiger partial charge in [0.05, 0.1) is 7.11 Å². The van der Waals surface area contributed by atoms with Crippen molar-refractivity contribution in [1.82, 2.24) is 0 Å². The highest BCUT2D eigenvalue weighted by Crippen LogP contribution is 2.36. The maximum Gasteiger partial charge on any atom is 0.169 e. The molecule has 0 heterocycles. The number of phenolic OH excluding ortho intramolecular Hbond substituents is 1. The molecule has 3 nitrogen and oxygen atoms in total. The van der Waals surface area contributed by atoms with Crippen LogP contribution in [0.2, 0.25) is 0 Å². The van der Waals surface area contributed by atoms with Crippen LogP contribution in [0.3, 0.4) is 0 Å². The van der Waals surface area contributed by atoms with Crippen molar-refractivity contribution in [3.8, 4) is 23.0 Å². The quantitative estimate of drug-likeness (QED) is 0.737. The van der Waals surface area contributed by atoms with Gasteiger partial charge < -0.3 is 14.6 Å². The van der Waals surface area contributed by atoms with Gasteiger partial charge in [0.25, 0.3) is 0 Å². The molecule has 0 unspecified atom stereocenters. The molecule has 0 radical (unpaired) electrons. The number of para-hydroxylation sites is 2. The van der Waals surface area contributed by atoms with Gasteiger partial charge in [0.15, 0.2) is 23.0 Å². The fraction of sp³-hybridized carbons (Fsp3) is 0.100. The van der Waals surface area contributed by atoms with Crippen LogP contribution in [-0.4, -0.2) is 12.2 Å². The summed E-state index contributed by atoms with van der Waals surface area (Å²) in [5, 5.41) is 10.2. The third-order valence-corrected chi connectivity index (χ3v) is 3.56. The highest BCUT2D eigenvalue weighted by molar-refractivity contribution is 5.48. The molecule has 0 saturated carbocycles. The summed E-state index contributed by atoms with van der Waals surface area (Å²) in [5.41, 5.74) is 2.23. The van der Waals surface area contributed by atoms with Crippen LogP contribution in [0, 0.1) is 0 Å². The third-order valence-electron chi connectivity index (χ3n) is 3.56. The zero-order valence-corrected chi connectivity index (χ0v) is 12.9. The maximum atomic E-state index is 10.2. The number of phenols is 1. The Labute approximate surface area is 135 Å². The first-order chi connectivity index (χ1) is 11.3. The molecule has 1 N–H and O–H groups in total. The summed E-state index contributed by atoms with van der Waals surface area (Å²) in [5.74, 6) is 1.72. The van der Waals surface area contributed by atoms with Crippen molar-refractivity contribution >= 4 is 0 Å². The van der Waals surface area contributed by atoms with Crippen molar-refractivity contribution in [2.75, 3.05) is 7.11 Å². The number of methoxy groups -OCH3 is 1. The normalized spacial score (nSPS) is 10.3. The number of aromatic hydroxyl groups is 1. The smallest absolute Gasteiger partial charge is 0.169 e. The molecule has 0 fully saturated rings. The number of hydrogen-bond donors (Lipinski definition) is 1. The lowest BCUT2D eigenvalue weighted by Crippen LogP contribution is -1.92. The van der Waals surface area contributed by atoms with E-state index in [2.05, 4.69) is 12.1 Å². The zero-order valence-electron chi connectivity index (χ0n) is 12.9. The first-order valence-corrected chi connectivity index (χ1v) is 7.43. The van der Waals surface area contributed by atoms with Gasteiger partial charge in [-0.15, -0.1) is 0 Å². The topological polar surface area (TPSA) is 38.7 Å². The van der Waals surface area contributed by atoms with Gasteiger partial charge in [-0.2, -0.15) is 0 Å². The summed E-state index contributed by atoms with van der Waals surface area (Å²) in [6.45, 7) is 0. The van der Waals surface area contributed by atoms with Crippen molar-refractivity contribution in [1.29, 1.82) is 0 Å². The van der Waals surface area contributed by atoms with E-state index < -0.39 is 0 Å². The lowest BCUT2D eigenvalue weighted by Gasteiger charge is -2.12. The summed E-state index contributed by atoms with van der Waals surface area (Å²) in [4.78, 5) is 0. The second-order valence-electron chi connectivity index (χ2n) is 5.22. The molecular formula is C20H18O3. The van der Waals surface area contributed by atoms with E-state index in [9.17, 15) is 5.11 Å². The summed E-state index contributed by atoms with van der Waals surface area (Å²) >= 11 is 0. The molecule has 0 spiro atoms. The van der Waals surface area contributed by atoms with E-state index >= 15 is 0 Å². The highest BCUT2D eigenvalue weighted by Gasteiger charge is 2.09. The Morgan fingerprint density at radius 1 is 0.739 bits per heavy atom. The molecule has 0 atom stereocenters. The first kappa shape index (κ1) is 15.0. The summed E-state index contributed by atoms with van der Waals surface area (Å²) in [7, 11) is 1.59. The van der Waals surface area contributed by atoms with Crippen molar-refractivity contribution < 1.29 is 14.6 Å². The number of rotatable bonds is 5. The van der Waals surface area contributed by atoms with E-state index in [1.165, 1.54) is 5.56 Å². The van der Waals surface area contributed by atoms with Crippen molar-refractivity contribution in [2.24, 2.45) is 0 Å². The Bertz CT molecular complexity index is 782. The van der Waals surface area contributed by atoms with E-state index in [1.54, 1.807) is 25.3 Å². The molecule has 3 heteroatoms. The minimum absolute atomic E-state index is 0.115. The van der Waals surface area contributed by atoms with E-state index in [1.807, 2.05) is 42.5 Å². The van der Waals surface area contributed by atoms with E-state index in [4.69, 9.17) is 9.47 Å². The van der Waals surface area contributed by atoms with Gasteiger partial charge >= 0.3 is 0 Å². The summed E-state index contributed by atoms with van der Waals surface area (Å²) < 4.78 is 11.0. The average Bonchev–Trinajstić information content (AvgIpc) is 2.59. The van der Waals surface area contributed by atoms with Gasteiger partial charge in [0.2, 0.25) is 0 Å². The van der Waals surface area contributed by atoms with Gasteiger partial charge in [0.1, 0.15) is 0 Å². The van der Waals surface area contributed by atoms with Crippen LogP contribution in [0.25, 0.3) is 0 Å². The molecule has 0 aliphatic carbocycles. The fourth-order valence-electron chi connectivity index (χ4n) is 2.41. The van der Waals surface area contributed by atoms with Crippen molar-refractivity contribution in [3.63, 3.8) is 0 Å². The van der Waals surface area contributed by atoms with Gasteiger partial charge in [0, 0.05) is 0 Å². The van der Waals surface area contributed by atoms with Crippen LogP contribution < -0.4 is 9.47 Å². The first-order valence-electron chi connectivity index (χ1n) is 7.43. The number of benzene rings is 3. The van der Waals surface area contributed by atoms with E-state index in [0.29, 0.717) is 17.2 Å². The standard InChI is InChI=1S/C20H18O3/c1-22-19-9-5-6-10-20(19)23-18-12-11-16(14-17(18)21)13-15-7-3-2-4-8-15/h2-12,14,21H,13H2,1H3. The molecule has 116 valence electrons. The van der Waals surface area contributed by atoms with Crippen LogP contribution >= 0.6 is 0 Å². The molecule has 23 heavy (non-hydrogen) atoms. The average molecular weight is 306 g/mol. The number of hydrogen-bond acceptors (Lipinski definition) is 3. The predicted octanol–water partition coefficient (Wildman–Crippen LogP) is 4.78. The molecule has 0 aliphatic heterocycles. The molecule has 3 aromatic carbocycles. The molecule has 3 aromatic rings. The monoisotopic (exact) mass is 306 g/mol. The molecule has 0 amide bonds. The Morgan fingerprint density at radius 2 is 1.43 bits per heavy atom. The largest absolute Gasteiger partial charge is 0.504 e. The van der Waals surface area contributed by atoms with Gasteiger partial charge in [-0.3, -0.25) is 0 Å². The predicted molar refractivity (Wildman–Crippen MR) is 90.4 cm³/mol. The number of ether oxygens (including phenoxy) is 2. The molecule has 0 bridgehead atoms. The zero-order chi connectivity index (χ0) is 16.1. The Morgan fingerprint density at radius 3 is 2.13 bits per heavy atom. The maximum absolute atomic E-state index is 10.2. The Balaban J connectivity index is 1.79. The van der Waals surface area contributed by atoms with Crippen molar-refractivity contribution in [2.45, 2.75) is 6.42 Å². The summed E-state index contributed by atoms with van der Waals surface area (Å²) in [6, 6.07) is 23.0. The second-order valence-corrected chi connectivity index (χ2v) is 5.22. The van der Waals surface area contributed by atoms with Crippen LogP contribution in [-0.2, 0) is 6.42 Å². The summed E-state index contributed by atoms with van der Waals surface area (Å²) in [6.07, 6.45) is 0.767. The lowest BCUT2D eigenvalue weighted by atomic mass is 10.0. The second kappa shape index (κ2) is 6.88. The molecule has 0 aliphatic rings. The van der Waals surface area contributed by atoms with E-state index in [-0.39, 0.29) is 5.75 Å². The van der Waals surface area contributed by atoms with E-state index in [0.717, 1.165) is 12.0 Å². The third kappa shape index (κ3) is 3.64. The van der Waals surface area contributed by atoms with Crippen LogP contribution in [0.1, 0.15) is 11.1 Å². The Hall–Kier alpha value is -2.94. The minimum Gasteiger partial charge on any atom is -0.504 e. The van der Waals surface area contributed by atoms with Crippen LogP contribution in [0.5, 0.6) is 23.0 Å². The minimum atomic E-state index is 0.115. The molecular weight excluding hydrogens is 288 g/mol. The van der Waals surface area contributed by atoms with Gasteiger partial charge in [-0.1, -0.05) is 48.5 Å². The molecule has 0 saturated heterocycles. The van der Waals surface area contributed by atoms with Crippen molar-refractivity contribution in [3.05, 3.63) is 83.9 Å². The highest BCUT2D eigenvalue weighted by atomic mass is 16.5. The molecule has 0 aromatic heterocycles.